The van der Waals surface area contributed by atoms with Crippen LogP contribution in [0.3, 0.4) is 0 Å². The van der Waals surface area contributed by atoms with E-state index in [2.05, 4.69) is 164 Å². The van der Waals surface area contributed by atoms with Gasteiger partial charge in [-0.15, -0.1) is 0 Å². The lowest BCUT2D eigenvalue weighted by molar-refractivity contribution is 0.661. The summed E-state index contributed by atoms with van der Waals surface area (Å²) >= 11 is 0. The summed E-state index contributed by atoms with van der Waals surface area (Å²) in [4.78, 5) is 15.3. The van der Waals surface area contributed by atoms with Gasteiger partial charge in [0.15, 0.2) is 17.5 Å². The molecule has 0 atom stereocenters. The largest absolute Gasteiger partial charge is 0.309 e. The Balaban J connectivity index is 1.19. The minimum atomic E-state index is -0.173. The van der Waals surface area contributed by atoms with E-state index in [9.17, 15) is 0 Å². The fraction of sp³-hybridized carbons (Fsp3) is 0.0577. The topological polar surface area (TPSA) is 43.6 Å². The average Bonchev–Trinajstić information content (AvgIpc) is 3.71. The van der Waals surface area contributed by atoms with Gasteiger partial charge in [-0.1, -0.05) is 159 Å². The molecule has 56 heavy (non-hydrogen) atoms. The highest BCUT2D eigenvalue weighted by Crippen LogP contribution is 2.53. The van der Waals surface area contributed by atoms with Crippen molar-refractivity contribution in [3.8, 4) is 62.1 Å². The molecule has 0 bridgehead atoms. The summed E-state index contributed by atoms with van der Waals surface area (Å²) in [5.74, 6) is 1.91. The lowest BCUT2D eigenvalue weighted by atomic mass is 9.82. The first-order chi connectivity index (χ1) is 27.5. The maximum atomic E-state index is 5.16. The van der Waals surface area contributed by atoms with Crippen LogP contribution in [0.15, 0.2) is 182 Å². The number of benzene rings is 8. The van der Waals surface area contributed by atoms with Gasteiger partial charge in [0, 0.05) is 38.6 Å². The lowest BCUT2D eigenvalue weighted by Gasteiger charge is -2.22. The van der Waals surface area contributed by atoms with Crippen LogP contribution in [0.4, 0.5) is 0 Å². The van der Waals surface area contributed by atoms with Crippen LogP contribution >= 0.6 is 0 Å². The van der Waals surface area contributed by atoms with Crippen molar-refractivity contribution in [2.45, 2.75) is 19.3 Å². The molecule has 0 fully saturated rings. The predicted octanol–water partition coefficient (Wildman–Crippen LogP) is 13.1. The molecule has 1 aliphatic rings. The molecule has 0 amide bonds. The Morgan fingerprint density at radius 1 is 0.393 bits per heavy atom. The molecule has 10 aromatic rings. The van der Waals surface area contributed by atoms with E-state index >= 15 is 0 Å². The number of rotatable bonds is 5. The van der Waals surface area contributed by atoms with Crippen LogP contribution in [0, 0.1) is 0 Å². The summed E-state index contributed by atoms with van der Waals surface area (Å²) in [6.07, 6.45) is 0. The monoisotopic (exact) mass is 716 g/mol. The number of hydrogen-bond donors (Lipinski definition) is 0. The molecule has 2 heterocycles. The molecule has 8 aromatic carbocycles. The van der Waals surface area contributed by atoms with Crippen molar-refractivity contribution in [2.75, 3.05) is 0 Å². The average molecular weight is 717 g/mol. The quantitative estimate of drug-likeness (QED) is 0.178. The van der Waals surface area contributed by atoms with Crippen LogP contribution in [0.1, 0.15) is 25.0 Å². The Kier molecular flexibility index (Phi) is 7.17. The van der Waals surface area contributed by atoms with Crippen molar-refractivity contribution in [3.05, 3.63) is 193 Å². The van der Waals surface area contributed by atoms with E-state index in [0.717, 1.165) is 39.0 Å². The summed E-state index contributed by atoms with van der Waals surface area (Å²) in [6.45, 7) is 4.74. The fourth-order valence-electron chi connectivity index (χ4n) is 8.85. The van der Waals surface area contributed by atoms with E-state index in [-0.39, 0.29) is 5.41 Å². The molecule has 0 saturated heterocycles. The molecule has 1 aliphatic carbocycles. The Morgan fingerprint density at radius 2 is 0.946 bits per heavy atom. The number of hydrogen-bond acceptors (Lipinski definition) is 3. The Labute approximate surface area is 325 Å². The maximum Gasteiger partial charge on any atom is 0.164 e. The van der Waals surface area contributed by atoms with Crippen LogP contribution < -0.4 is 0 Å². The molecule has 0 saturated carbocycles. The zero-order chi connectivity index (χ0) is 37.4. The molecule has 4 nitrogen and oxygen atoms in total. The zero-order valence-electron chi connectivity index (χ0n) is 31.1. The third-order valence-corrected chi connectivity index (χ3v) is 11.6. The molecule has 11 rings (SSSR count). The first kappa shape index (κ1) is 32.3. The van der Waals surface area contributed by atoms with E-state index in [0.29, 0.717) is 17.5 Å². The van der Waals surface area contributed by atoms with Gasteiger partial charge in [-0.25, -0.2) is 15.0 Å². The van der Waals surface area contributed by atoms with Gasteiger partial charge in [-0.3, -0.25) is 0 Å². The molecule has 0 spiro atoms. The summed E-state index contributed by atoms with van der Waals surface area (Å²) < 4.78 is 2.44. The van der Waals surface area contributed by atoms with E-state index in [1.165, 1.54) is 49.3 Å². The molecule has 0 radical (unpaired) electrons. The van der Waals surface area contributed by atoms with Crippen molar-refractivity contribution in [1.82, 2.24) is 19.5 Å². The van der Waals surface area contributed by atoms with E-state index < -0.39 is 0 Å². The van der Waals surface area contributed by atoms with Crippen molar-refractivity contribution >= 4 is 32.6 Å². The van der Waals surface area contributed by atoms with Crippen LogP contribution in [-0.2, 0) is 5.41 Å². The van der Waals surface area contributed by atoms with Gasteiger partial charge in [0.25, 0.3) is 0 Å². The summed E-state index contributed by atoms with van der Waals surface area (Å²) in [5, 5.41) is 5.04. The van der Waals surface area contributed by atoms with E-state index in [1.807, 2.05) is 36.4 Å². The van der Waals surface area contributed by atoms with Gasteiger partial charge in [0.05, 0.1) is 11.0 Å². The number of aromatic nitrogens is 4. The minimum Gasteiger partial charge on any atom is -0.309 e. The van der Waals surface area contributed by atoms with Gasteiger partial charge >= 0.3 is 0 Å². The predicted molar refractivity (Wildman–Crippen MR) is 231 cm³/mol. The van der Waals surface area contributed by atoms with Crippen molar-refractivity contribution in [2.24, 2.45) is 0 Å². The molecular formula is C52H36N4. The fourth-order valence-corrected chi connectivity index (χ4v) is 8.85. The molecule has 2 aromatic heterocycles. The van der Waals surface area contributed by atoms with Crippen molar-refractivity contribution < 1.29 is 0 Å². The highest BCUT2D eigenvalue weighted by Gasteiger charge is 2.37. The maximum absolute atomic E-state index is 5.16. The molecule has 0 N–H and O–H groups in total. The highest BCUT2D eigenvalue weighted by molar-refractivity contribution is 6.13. The summed E-state index contributed by atoms with van der Waals surface area (Å²) in [6, 6.07) is 64.8. The minimum absolute atomic E-state index is 0.173. The van der Waals surface area contributed by atoms with Crippen molar-refractivity contribution in [1.29, 1.82) is 0 Å². The lowest BCUT2D eigenvalue weighted by Crippen LogP contribution is -2.15. The van der Waals surface area contributed by atoms with Gasteiger partial charge in [0.1, 0.15) is 0 Å². The van der Waals surface area contributed by atoms with E-state index in [1.54, 1.807) is 0 Å². The van der Waals surface area contributed by atoms with Crippen LogP contribution in [0.2, 0.25) is 0 Å². The first-order valence-electron chi connectivity index (χ1n) is 19.2. The normalized spacial score (nSPS) is 13.0. The Bertz CT molecular complexity index is 3090. The summed E-state index contributed by atoms with van der Waals surface area (Å²) in [7, 11) is 0. The van der Waals surface area contributed by atoms with Crippen molar-refractivity contribution in [3.63, 3.8) is 0 Å². The second-order valence-corrected chi connectivity index (χ2v) is 15.3. The van der Waals surface area contributed by atoms with Gasteiger partial charge in [-0.2, -0.15) is 0 Å². The molecule has 264 valence electrons. The zero-order valence-corrected chi connectivity index (χ0v) is 31.1. The molecule has 0 unspecified atom stereocenters. The smallest absolute Gasteiger partial charge is 0.164 e. The number of nitrogens with zero attached hydrogens (tertiary/aromatic N) is 4. The van der Waals surface area contributed by atoms with Gasteiger partial charge in [-0.05, 0) is 80.6 Å². The van der Waals surface area contributed by atoms with Crippen LogP contribution in [-0.4, -0.2) is 19.5 Å². The molecule has 0 aliphatic heterocycles. The second-order valence-electron chi connectivity index (χ2n) is 15.3. The standard InChI is InChI=1S/C52H36N4/c1-52(2)44-27-26-34-18-12-13-23-40(34)48(44)43-31-42-41-24-14-15-25-46(41)56(47(42)32-45(43)52)39-29-37(33-16-6-3-7-17-33)28-38(30-39)51-54-49(35-19-8-4-9-20-35)53-50(55-51)36-21-10-5-11-22-36/h3-32H,1-2H3. The Hall–Kier alpha value is -7.17. The van der Waals surface area contributed by atoms with Crippen LogP contribution in [0.25, 0.3) is 94.7 Å². The first-order valence-corrected chi connectivity index (χ1v) is 19.2. The van der Waals surface area contributed by atoms with Crippen LogP contribution in [0.5, 0.6) is 0 Å². The van der Waals surface area contributed by atoms with E-state index in [4.69, 9.17) is 15.0 Å². The molecule has 4 heteroatoms. The molecular weight excluding hydrogens is 681 g/mol. The highest BCUT2D eigenvalue weighted by atomic mass is 15.0. The Morgan fingerprint density at radius 3 is 1.62 bits per heavy atom. The number of para-hydroxylation sites is 1. The third kappa shape index (κ3) is 5.03. The van der Waals surface area contributed by atoms with Gasteiger partial charge < -0.3 is 4.57 Å². The van der Waals surface area contributed by atoms with Gasteiger partial charge in [0.2, 0.25) is 0 Å². The number of fused-ring (bicyclic) bond motifs is 8. The SMILES string of the molecule is CC1(C)c2cc3c(cc2-c2c1ccc1ccccc21)c1ccccc1n3-c1cc(-c2ccccc2)cc(-c2nc(-c3ccccc3)nc(-c3ccccc3)n2)c1. The summed E-state index contributed by atoms with van der Waals surface area (Å²) in [5.41, 5.74) is 13.6. The second kappa shape index (κ2) is 12.4. The third-order valence-electron chi connectivity index (χ3n) is 11.6.